The summed E-state index contributed by atoms with van der Waals surface area (Å²) in [6.07, 6.45) is 0.369. The summed E-state index contributed by atoms with van der Waals surface area (Å²) in [5, 5.41) is 2.68. The summed E-state index contributed by atoms with van der Waals surface area (Å²) < 4.78 is 13.0. The first-order chi connectivity index (χ1) is 9.32. The fourth-order valence-electron chi connectivity index (χ4n) is 1.96. The molecule has 0 aliphatic carbocycles. The maximum Gasteiger partial charge on any atom is 0.225 e. The largest absolute Gasteiger partial charge is 0.330 e. The van der Waals surface area contributed by atoms with Crippen molar-refractivity contribution < 1.29 is 9.18 Å². The quantitative estimate of drug-likeness (QED) is 0.812. The van der Waals surface area contributed by atoms with Crippen molar-refractivity contribution in [2.45, 2.75) is 20.3 Å². The van der Waals surface area contributed by atoms with Crippen molar-refractivity contribution in [2.75, 3.05) is 32.0 Å². The smallest absolute Gasteiger partial charge is 0.225 e. The van der Waals surface area contributed by atoms with Crippen molar-refractivity contribution in [1.82, 2.24) is 4.90 Å². The molecular formula is C15H25ClFN3O. The van der Waals surface area contributed by atoms with Crippen molar-refractivity contribution in [3.63, 3.8) is 0 Å². The van der Waals surface area contributed by atoms with E-state index in [0.29, 0.717) is 25.2 Å². The van der Waals surface area contributed by atoms with Gasteiger partial charge in [0.05, 0.1) is 0 Å². The van der Waals surface area contributed by atoms with Gasteiger partial charge in [0.15, 0.2) is 0 Å². The Morgan fingerprint density at radius 1 is 1.43 bits per heavy atom. The zero-order valence-electron chi connectivity index (χ0n) is 12.9. The van der Waals surface area contributed by atoms with Crippen LogP contribution in [0.2, 0.25) is 0 Å². The van der Waals surface area contributed by atoms with Gasteiger partial charge < -0.3 is 16.0 Å². The third-order valence-electron chi connectivity index (χ3n) is 3.08. The minimum atomic E-state index is -0.357. The molecule has 0 aliphatic heterocycles. The fourth-order valence-corrected chi connectivity index (χ4v) is 1.96. The van der Waals surface area contributed by atoms with Gasteiger partial charge in [-0.3, -0.25) is 4.79 Å². The molecule has 120 valence electrons. The van der Waals surface area contributed by atoms with E-state index in [-0.39, 0.29) is 29.5 Å². The van der Waals surface area contributed by atoms with E-state index in [0.717, 1.165) is 6.54 Å². The summed E-state index contributed by atoms with van der Waals surface area (Å²) in [7, 11) is 1.97. The Labute approximate surface area is 132 Å². The summed E-state index contributed by atoms with van der Waals surface area (Å²) in [4.78, 5) is 13.9. The Balaban J connectivity index is 0.00000400. The van der Waals surface area contributed by atoms with E-state index in [9.17, 15) is 9.18 Å². The Kier molecular flexibility index (Phi) is 8.47. The molecule has 0 unspecified atom stereocenters. The first-order valence-corrected chi connectivity index (χ1v) is 6.76. The second kappa shape index (κ2) is 8.97. The van der Waals surface area contributed by atoms with Gasteiger partial charge in [-0.2, -0.15) is 0 Å². The highest BCUT2D eigenvalue weighted by molar-refractivity contribution is 5.90. The predicted octanol–water partition coefficient (Wildman–Crippen LogP) is 2.49. The number of hydrogen-bond donors (Lipinski definition) is 2. The van der Waals surface area contributed by atoms with Gasteiger partial charge in [-0.05, 0) is 37.2 Å². The minimum Gasteiger partial charge on any atom is -0.330 e. The molecule has 0 saturated heterocycles. The standard InChI is InChI=1S/C15H24FN3O.ClH/c1-15(2,10-17)11-19(3)8-7-14(20)18-13-6-4-5-12(16)9-13;/h4-6,9H,7-8,10-11,17H2,1-3H3,(H,18,20);1H. The zero-order valence-corrected chi connectivity index (χ0v) is 13.7. The molecule has 0 spiro atoms. The number of amides is 1. The number of carbonyl (C=O) groups excluding carboxylic acids is 1. The number of carbonyl (C=O) groups is 1. The van der Waals surface area contributed by atoms with Crippen molar-refractivity contribution in [1.29, 1.82) is 0 Å². The van der Waals surface area contributed by atoms with Crippen LogP contribution in [0, 0.1) is 11.2 Å². The molecule has 0 atom stereocenters. The van der Waals surface area contributed by atoms with Crippen LogP contribution in [0.15, 0.2) is 24.3 Å². The summed E-state index contributed by atoms with van der Waals surface area (Å²) in [6.45, 7) is 6.26. The van der Waals surface area contributed by atoms with Crippen LogP contribution in [0.3, 0.4) is 0 Å². The first kappa shape index (κ1) is 19.8. The molecule has 0 saturated carbocycles. The lowest BCUT2D eigenvalue weighted by atomic mass is 9.93. The Morgan fingerprint density at radius 2 is 2.10 bits per heavy atom. The fraction of sp³-hybridized carbons (Fsp3) is 0.533. The molecule has 0 aromatic heterocycles. The lowest BCUT2D eigenvalue weighted by Crippen LogP contribution is -2.37. The highest BCUT2D eigenvalue weighted by atomic mass is 35.5. The van der Waals surface area contributed by atoms with Crippen LogP contribution in [0.4, 0.5) is 10.1 Å². The van der Waals surface area contributed by atoms with Gasteiger partial charge in [0.1, 0.15) is 5.82 Å². The average molecular weight is 318 g/mol. The summed E-state index contributed by atoms with van der Waals surface area (Å²) in [6, 6.07) is 5.89. The maximum absolute atomic E-state index is 13.0. The predicted molar refractivity (Wildman–Crippen MR) is 87.2 cm³/mol. The van der Waals surface area contributed by atoms with E-state index in [2.05, 4.69) is 24.1 Å². The monoisotopic (exact) mass is 317 g/mol. The highest BCUT2D eigenvalue weighted by Crippen LogP contribution is 2.14. The molecule has 4 nitrogen and oxygen atoms in total. The number of anilines is 1. The third kappa shape index (κ3) is 7.99. The second-order valence-corrected chi connectivity index (χ2v) is 5.91. The summed E-state index contributed by atoms with van der Waals surface area (Å²) in [5.74, 6) is -0.474. The van der Waals surface area contributed by atoms with Crippen LogP contribution in [0.5, 0.6) is 0 Å². The zero-order chi connectivity index (χ0) is 15.2. The number of nitrogens with one attached hydrogen (secondary N) is 1. The Hall–Kier alpha value is -1.17. The van der Waals surface area contributed by atoms with Gasteiger partial charge in [0.25, 0.3) is 0 Å². The van der Waals surface area contributed by atoms with E-state index in [1.807, 2.05) is 7.05 Å². The van der Waals surface area contributed by atoms with Crippen molar-refractivity contribution in [2.24, 2.45) is 11.1 Å². The number of hydrogen-bond acceptors (Lipinski definition) is 3. The normalized spacial score (nSPS) is 11.1. The molecule has 1 rings (SSSR count). The van der Waals surface area contributed by atoms with Crippen LogP contribution in [0.25, 0.3) is 0 Å². The molecule has 21 heavy (non-hydrogen) atoms. The van der Waals surface area contributed by atoms with Crippen LogP contribution in [0.1, 0.15) is 20.3 Å². The number of benzene rings is 1. The number of rotatable bonds is 7. The molecule has 1 amide bonds. The van der Waals surface area contributed by atoms with Gasteiger partial charge in [-0.15, -0.1) is 12.4 Å². The molecule has 0 fully saturated rings. The first-order valence-electron chi connectivity index (χ1n) is 6.76. The summed E-state index contributed by atoms with van der Waals surface area (Å²) in [5.41, 5.74) is 6.21. The van der Waals surface area contributed by atoms with Gasteiger partial charge in [-0.1, -0.05) is 19.9 Å². The SMILES string of the molecule is CN(CCC(=O)Nc1cccc(F)c1)CC(C)(C)CN.Cl. The van der Waals surface area contributed by atoms with Crippen molar-refractivity contribution in [3.8, 4) is 0 Å². The molecule has 1 aromatic carbocycles. The van der Waals surface area contributed by atoms with E-state index in [1.54, 1.807) is 12.1 Å². The molecular weight excluding hydrogens is 293 g/mol. The molecule has 3 N–H and O–H groups in total. The van der Waals surface area contributed by atoms with Gasteiger partial charge in [0.2, 0.25) is 5.91 Å². The van der Waals surface area contributed by atoms with E-state index in [1.165, 1.54) is 12.1 Å². The highest BCUT2D eigenvalue weighted by Gasteiger charge is 2.18. The number of halogens is 2. The van der Waals surface area contributed by atoms with Crippen LogP contribution >= 0.6 is 12.4 Å². The van der Waals surface area contributed by atoms with Gasteiger partial charge in [0, 0.05) is 25.2 Å². The lowest BCUT2D eigenvalue weighted by Gasteiger charge is -2.28. The van der Waals surface area contributed by atoms with E-state index in [4.69, 9.17) is 5.73 Å². The Morgan fingerprint density at radius 3 is 2.67 bits per heavy atom. The molecule has 0 radical (unpaired) electrons. The second-order valence-electron chi connectivity index (χ2n) is 5.91. The average Bonchev–Trinajstić information content (AvgIpc) is 2.36. The maximum atomic E-state index is 13.0. The molecule has 0 bridgehead atoms. The van der Waals surface area contributed by atoms with Crippen LogP contribution < -0.4 is 11.1 Å². The lowest BCUT2D eigenvalue weighted by molar-refractivity contribution is -0.116. The van der Waals surface area contributed by atoms with Gasteiger partial charge in [-0.25, -0.2) is 4.39 Å². The molecule has 6 heteroatoms. The van der Waals surface area contributed by atoms with Crippen molar-refractivity contribution in [3.05, 3.63) is 30.1 Å². The van der Waals surface area contributed by atoms with Crippen molar-refractivity contribution >= 4 is 24.0 Å². The number of nitrogens with zero attached hydrogens (tertiary/aromatic N) is 1. The molecule has 0 heterocycles. The summed E-state index contributed by atoms with van der Waals surface area (Å²) >= 11 is 0. The van der Waals surface area contributed by atoms with Crippen LogP contribution in [-0.4, -0.2) is 37.5 Å². The minimum absolute atomic E-state index is 0. The third-order valence-corrected chi connectivity index (χ3v) is 3.08. The van der Waals surface area contributed by atoms with Gasteiger partial charge >= 0.3 is 0 Å². The topological polar surface area (TPSA) is 58.4 Å². The van der Waals surface area contributed by atoms with E-state index >= 15 is 0 Å². The van der Waals surface area contributed by atoms with E-state index < -0.39 is 0 Å². The Bertz CT molecular complexity index is 454. The molecule has 1 aromatic rings. The number of nitrogens with two attached hydrogens (primary N) is 1. The molecule has 0 aliphatic rings. The van der Waals surface area contributed by atoms with Crippen LogP contribution in [-0.2, 0) is 4.79 Å².